The number of nitrogens with two attached hydrogens (primary N) is 1. The number of rotatable bonds is 4. The smallest absolute Gasteiger partial charge is 0.0946 e. The molecule has 0 fully saturated rings. The second kappa shape index (κ2) is 5.04. The molecule has 5 heteroatoms. The first kappa shape index (κ1) is 15.9. The molecule has 0 bridgehead atoms. The summed E-state index contributed by atoms with van der Waals surface area (Å²) >= 11 is 6.33. The fourth-order valence-corrected chi connectivity index (χ4v) is 16.8. The van der Waals surface area contributed by atoms with E-state index in [4.69, 9.17) is 17.3 Å². The average Bonchev–Trinajstić information content (AvgIpc) is 2.02. The van der Waals surface area contributed by atoms with Crippen LogP contribution in [-0.2, 0) is 0 Å². The Kier molecular flexibility index (Phi) is 5.34. The molecule has 0 amide bonds. The Bertz CT molecular complexity index is 213. The lowest BCUT2D eigenvalue weighted by molar-refractivity contribution is 0.638. The molecule has 0 aromatic rings. The first-order valence-corrected chi connectivity index (χ1v) is 10.7. The Hall–Kier alpha value is 0.901. The van der Waals surface area contributed by atoms with E-state index in [2.05, 4.69) is 51.3 Å². The molecule has 0 rings (SSSR count). The molecule has 0 spiro atoms. The van der Waals surface area contributed by atoms with Crippen LogP contribution in [-0.4, -0.2) is 37.2 Å². The highest BCUT2D eigenvalue weighted by molar-refractivity contribution is 7.06. The normalized spacial score (nSPS) is 21.2. The van der Waals surface area contributed by atoms with Gasteiger partial charge in [-0.05, 0) is 15.4 Å². The van der Waals surface area contributed by atoms with Gasteiger partial charge in [-0.3, -0.25) is 0 Å². The summed E-state index contributed by atoms with van der Waals surface area (Å²) in [6.07, 6.45) is 0. The van der Waals surface area contributed by atoms with E-state index in [1.807, 2.05) is 0 Å². The van der Waals surface area contributed by atoms with Crippen LogP contribution in [0.25, 0.3) is 0 Å². The fourth-order valence-electron chi connectivity index (χ4n) is 2.85. The van der Waals surface area contributed by atoms with Crippen molar-refractivity contribution in [2.75, 3.05) is 5.50 Å². The minimum atomic E-state index is -1.77. The molecule has 0 aliphatic rings. The van der Waals surface area contributed by atoms with Crippen LogP contribution in [0.2, 0.25) is 10.6 Å². The summed E-state index contributed by atoms with van der Waals surface area (Å²) < 4.78 is 0. The Morgan fingerprint density at radius 2 is 1.73 bits per heavy atom. The van der Waals surface area contributed by atoms with E-state index in [0.717, 1.165) is 5.50 Å². The number of hydrogen-bond acceptors (Lipinski definition) is 1. The van der Waals surface area contributed by atoms with E-state index in [9.17, 15) is 0 Å². The molecule has 15 heavy (non-hydrogen) atoms. The van der Waals surface area contributed by atoms with Crippen LogP contribution in [0.1, 0.15) is 41.5 Å². The van der Waals surface area contributed by atoms with Gasteiger partial charge in [-0.15, -0.1) is 11.6 Å². The third-order valence-electron chi connectivity index (χ3n) is 3.72. The molecule has 5 radical (unpaired) electrons. The minimum Gasteiger partial charge on any atom is -0.331 e. The van der Waals surface area contributed by atoms with Crippen molar-refractivity contribution in [1.29, 1.82) is 0 Å². The van der Waals surface area contributed by atoms with Gasteiger partial charge in [0.25, 0.3) is 0 Å². The van der Waals surface area contributed by atoms with E-state index < -0.39 is 8.07 Å². The molecule has 0 aliphatic carbocycles. The molecule has 2 atom stereocenters. The van der Waals surface area contributed by atoms with Gasteiger partial charge >= 0.3 is 0 Å². The number of alkyl halides is 1. The predicted molar refractivity (Wildman–Crippen MR) is 75.4 cm³/mol. The Balaban J connectivity index is 5.57. The molecular weight excluding hydrogens is 254 g/mol. The molecule has 0 aromatic carbocycles. The molecule has 2 N–H and O–H groups in total. The van der Waals surface area contributed by atoms with Crippen molar-refractivity contribution in [3.05, 3.63) is 0 Å². The molecule has 0 aromatic heterocycles. The lowest BCUT2D eigenvalue weighted by atomic mass is 10.2. The van der Waals surface area contributed by atoms with E-state index in [1.54, 1.807) is 0 Å². The van der Waals surface area contributed by atoms with Gasteiger partial charge in [0.1, 0.15) is 0 Å². The molecule has 0 saturated heterocycles. The Morgan fingerprint density at radius 3 is 1.80 bits per heavy atom. The van der Waals surface area contributed by atoms with Crippen molar-refractivity contribution < 1.29 is 0 Å². The van der Waals surface area contributed by atoms with E-state index in [0.29, 0.717) is 14.6 Å². The van der Waals surface area contributed by atoms with Crippen LogP contribution in [0.4, 0.5) is 0 Å². The lowest BCUT2D eigenvalue weighted by Gasteiger charge is -2.54. The average molecular weight is 277 g/mol. The van der Waals surface area contributed by atoms with Gasteiger partial charge in [0, 0.05) is 24.3 Å². The third kappa shape index (κ3) is 2.60. The number of halogens is 1. The molecule has 87 valence electrons. The van der Waals surface area contributed by atoms with Crippen molar-refractivity contribution in [2.24, 2.45) is 5.73 Å². The van der Waals surface area contributed by atoms with Gasteiger partial charge in [-0.1, -0.05) is 41.5 Å². The molecule has 0 saturated carbocycles. The summed E-state index contributed by atoms with van der Waals surface area (Å²) in [6, 6.07) is 0. The second-order valence-corrected chi connectivity index (χ2v) is 15.1. The molecule has 2 unspecified atom stereocenters. The minimum absolute atomic E-state index is 0.141. The standard InChI is InChI=1S/C10H23ClNSi3/c1-8(2)15(7-11,9(3,4)5)10(6,12)14-13/h8H,7,12H2,1-6H3. The van der Waals surface area contributed by atoms with Gasteiger partial charge in [0.15, 0.2) is 0 Å². The summed E-state index contributed by atoms with van der Waals surface area (Å²) in [5, 5.41) is 0.228. The topological polar surface area (TPSA) is 26.0 Å². The van der Waals surface area contributed by atoms with Crippen LogP contribution >= 0.6 is 11.6 Å². The highest BCUT2D eigenvalue weighted by atomic mass is 35.5. The maximum Gasteiger partial charge on any atom is 0.0946 e. The van der Waals surface area contributed by atoms with Crippen molar-refractivity contribution in [3.8, 4) is 0 Å². The van der Waals surface area contributed by atoms with Crippen molar-refractivity contribution in [3.63, 3.8) is 0 Å². The van der Waals surface area contributed by atoms with E-state index >= 15 is 0 Å². The summed E-state index contributed by atoms with van der Waals surface area (Å²) in [5.41, 5.74) is 7.86. The zero-order valence-electron chi connectivity index (χ0n) is 10.7. The predicted octanol–water partition coefficient (Wildman–Crippen LogP) is 2.43. The summed E-state index contributed by atoms with van der Waals surface area (Å²) in [5.74, 6) is 0. The molecule has 0 heterocycles. The number of hydrogen-bond donors (Lipinski definition) is 1. The summed E-state index contributed by atoms with van der Waals surface area (Å²) in [6.45, 7) is 13.6. The van der Waals surface area contributed by atoms with Crippen LogP contribution in [0, 0.1) is 0 Å². The third-order valence-corrected chi connectivity index (χ3v) is 16.4. The van der Waals surface area contributed by atoms with Gasteiger partial charge in [0.2, 0.25) is 0 Å². The first-order chi connectivity index (χ1) is 6.56. The summed E-state index contributed by atoms with van der Waals surface area (Å²) in [4.78, 5) is -0.141. The first-order valence-electron chi connectivity index (χ1n) is 5.35. The van der Waals surface area contributed by atoms with Crippen LogP contribution in [0.5, 0.6) is 0 Å². The van der Waals surface area contributed by atoms with E-state index in [1.165, 1.54) is 0 Å². The van der Waals surface area contributed by atoms with Crippen molar-refractivity contribution in [1.82, 2.24) is 0 Å². The molecule has 0 aliphatic heterocycles. The fraction of sp³-hybridized carbons (Fsp3) is 1.00. The van der Waals surface area contributed by atoms with Gasteiger partial charge in [0.05, 0.1) is 8.07 Å². The quantitative estimate of drug-likeness (QED) is 0.620. The van der Waals surface area contributed by atoms with Gasteiger partial charge in [-0.2, -0.15) is 0 Å². The van der Waals surface area contributed by atoms with E-state index in [-0.39, 0.29) is 9.82 Å². The SMILES string of the molecule is CC(C)[Si](CCl)(C(C)(C)C)C(C)(N)[Si][Si]. The molecular formula is C10H23ClNSi3. The zero-order chi connectivity index (χ0) is 12.5. The summed E-state index contributed by atoms with van der Waals surface area (Å²) in [7, 11) is 2.44. The highest BCUT2D eigenvalue weighted by Gasteiger charge is 2.55. The zero-order valence-corrected chi connectivity index (χ0v) is 14.5. The monoisotopic (exact) mass is 276 g/mol. The molecule has 1 nitrogen and oxygen atoms in total. The highest BCUT2D eigenvalue weighted by Crippen LogP contribution is 2.48. The van der Waals surface area contributed by atoms with Crippen LogP contribution in [0.3, 0.4) is 0 Å². The second-order valence-electron chi connectivity index (χ2n) is 5.84. The van der Waals surface area contributed by atoms with Crippen LogP contribution < -0.4 is 5.73 Å². The lowest BCUT2D eigenvalue weighted by Crippen LogP contribution is -2.73. The van der Waals surface area contributed by atoms with Crippen molar-refractivity contribution in [2.45, 2.75) is 56.9 Å². The van der Waals surface area contributed by atoms with Gasteiger partial charge in [-0.25, -0.2) is 0 Å². The van der Waals surface area contributed by atoms with Gasteiger partial charge < -0.3 is 5.73 Å². The maximum absolute atomic E-state index is 6.53. The van der Waals surface area contributed by atoms with Crippen molar-refractivity contribution >= 4 is 38.5 Å². The van der Waals surface area contributed by atoms with Crippen LogP contribution in [0.15, 0.2) is 0 Å². The maximum atomic E-state index is 6.53. The Morgan fingerprint density at radius 1 is 1.33 bits per heavy atom. The largest absolute Gasteiger partial charge is 0.331 e. The Labute approximate surface area is 107 Å².